The van der Waals surface area contributed by atoms with E-state index in [2.05, 4.69) is 86.8 Å². The zero-order valence-electron chi connectivity index (χ0n) is 18.5. The van der Waals surface area contributed by atoms with Crippen LogP contribution in [0.1, 0.15) is 28.1 Å². The fraction of sp³-hybridized carbons (Fsp3) is 0.148. The fourth-order valence-corrected chi connectivity index (χ4v) is 4.25. The first kappa shape index (κ1) is 19.9. The van der Waals surface area contributed by atoms with Crippen molar-refractivity contribution in [2.45, 2.75) is 27.3 Å². The molecule has 5 rings (SSSR count). The smallest absolute Gasteiger partial charge is 0.0808 e. The van der Waals surface area contributed by atoms with Crippen LogP contribution in [0.5, 0.6) is 0 Å². The van der Waals surface area contributed by atoms with Crippen LogP contribution >= 0.6 is 0 Å². The van der Waals surface area contributed by atoms with Crippen LogP contribution in [-0.4, -0.2) is 15.0 Å². The minimum Gasteiger partial charge on any atom is -0.357 e. The summed E-state index contributed by atoms with van der Waals surface area (Å²) < 4.78 is 0. The van der Waals surface area contributed by atoms with E-state index >= 15 is 0 Å². The van der Waals surface area contributed by atoms with Crippen LogP contribution in [0.15, 0.2) is 79.5 Å². The molecule has 1 N–H and O–H groups in total. The molecule has 0 fully saturated rings. The van der Waals surface area contributed by atoms with Crippen molar-refractivity contribution < 1.29 is 0 Å². The van der Waals surface area contributed by atoms with Gasteiger partial charge in [-0.3, -0.25) is 15.0 Å². The lowest BCUT2D eigenvalue weighted by Crippen LogP contribution is -2.26. The molecule has 0 atom stereocenters. The number of hydrogen-bond acceptors (Lipinski definition) is 5. The zero-order chi connectivity index (χ0) is 22.1. The predicted octanol–water partition coefficient (Wildman–Crippen LogP) is 5.89. The summed E-state index contributed by atoms with van der Waals surface area (Å²) in [6.45, 7) is 6.97. The van der Waals surface area contributed by atoms with Crippen molar-refractivity contribution in [2.24, 2.45) is 0 Å². The van der Waals surface area contributed by atoms with Gasteiger partial charge in [0.25, 0.3) is 0 Å². The van der Waals surface area contributed by atoms with E-state index in [0.29, 0.717) is 0 Å². The van der Waals surface area contributed by atoms with Crippen LogP contribution in [0.25, 0.3) is 16.8 Å². The molecule has 0 bridgehead atoms. The van der Waals surface area contributed by atoms with Crippen molar-refractivity contribution >= 4 is 17.1 Å². The molecule has 158 valence electrons. The fourth-order valence-electron chi connectivity index (χ4n) is 4.25. The number of fused-ring (bicyclic) bond motifs is 1. The van der Waals surface area contributed by atoms with Crippen LogP contribution in [-0.2, 0) is 6.54 Å². The Kier molecular flexibility index (Phi) is 5.15. The average Bonchev–Trinajstić information content (AvgIpc) is 2.79. The number of nitrogens with zero attached hydrogens (tertiary/aromatic N) is 4. The number of aryl methyl sites for hydroxylation is 3. The van der Waals surface area contributed by atoms with Crippen molar-refractivity contribution in [3.05, 3.63) is 108 Å². The van der Waals surface area contributed by atoms with E-state index in [1.165, 1.54) is 22.3 Å². The Morgan fingerprint density at radius 3 is 2.31 bits per heavy atom. The number of benzene rings is 1. The lowest BCUT2D eigenvalue weighted by Gasteiger charge is -2.33. The van der Waals surface area contributed by atoms with E-state index in [1.54, 1.807) is 0 Å². The van der Waals surface area contributed by atoms with Gasteiger partial charge in [-0.1, -0.05) is 18.2 Å². The molecule has 1 aromatic carbocycles. The molecular weight excluding hydrogens is 394 g/mol. The molecule has 1 aliphatic heterocycles. The molecule has 0 amide bonds. The van der Waals surface area contributed by atoms with Gasteiger partial charge in [0.15, 0.2) is 0 Å². The topological polar surface area (TPSA) is 53.9 Å². The Balaban J connectivity index is 1.52. The Morgan fingerprint density at radius 2 is 1.56 bits per heavy atom. The number of nitrogens with one attached hydrogen (secondary N) is 1. The second-order valence-corrected chi connectivity index (χ2v) is 8.17. The minimum atomic E-state index is 0.752. The molecule has 4 heterocycles. The highest BCUT2D eigenvalue weighted by Crippen LogP contribution is 2.37. The highest BCUT2D eigenvalue weighted by Gasteiger charge is 2.22. The third kappa shape index (κ3) is 3.85. The molecule has 1 aliphatic rings. The van der Waals surface area contributed by atoms with Crippen molar-refractivity contribution in [3.8, 4) is 11.1 Å². The lowest BCUT2D eigenvalue weighted by molar-refractivity contribution is 0.968. The molecule has 0 saturated heterocycles. The summed E-state index contributed by atoms with van der Waals surface area (Å²) in [5, 5.41) is 3.40. The molecular formula is C27H25N5. The van der Waals surface area contributed by atoms with Crippen molar-refractivity contribution in [1.29, 1.82) is 0 Å². The van der Waals surface area contributed by atoms with Crippen molar-refractivity contribution in [2.75, 3.05) is 10.2 Å². The summed E-state index contributed by atoms with van der Waals surface area (Å²) in [5.41, 5.74) is 11.3. The van der Waals surface area contributed by atoms with Crippen LogP contribution in [0, 0.1) is 20.8 Å². The van der Waals surface area contributed by atoms with E-state index in [1.807, 2.05) is 38.6 Å². The molecule has 4 aromatic rings. The number of pyridine rings is 3. The van der Waals surface area contributed by atoms with Gasteiger partial charge in [-0.15, -0.1) is 0 Å². The van der Waals surface area contributed by atoms with Crippen molar-refractivity contribution in [3.63, 3.8) is 0 Å². The Morgan fingerprint density at radius 1 is 0.812 bits per heavy atom. The van der Waals surface area contributed by atoms with E-state index in [4.69, 9.17) is 0 Å². The molecule has 0 aliphatic carbocycles. The van der Waals surface area contributed by atoms with Crippen LogP contribution in [0.3, 0.4) is 0 Å². The predicted molar refractivity (Wildman–Crippen MR) is 130 cm³/mol. The molecule has 0 radical (unpaired) electrons. The first-order chi connectivity index (χ1) is 15.6. The highest BCUT2D eigenvalue weighted by atomic mass is 15.2. The Labute approximate surface area is 188 Å². The minimum absolute atomic E-state index is 0.752. The van der Waals surface area contributed by atoms with Gasteiger partial charge in [0, 0.05) is 48.3 Å². The van der Waals surface area contributed by atoms with Gasteiger partial charge >= 0.3 is 0 Å². The van der Waals surface area contributed by atoms with E-state index in [9.17, 15) is 0 Å². The number of rotatable bonds is 4. The SMILES string of the molecule is Cc1cc(C2=CNc3cnccc3N2Cc2ccc(-c3ccnc(C)c3)c(C)c2)ccn1. The second-order valence-electron chi connectivity index (χ2n) is 8.17. The van der Waals surface area contributed by atoms with Crippen LogP contribution < -0.4 is 10.2 Å². The second kappa shape index (κ2) is 8.27. The quantitative estimate of drug-likeness (QED) is 0.447. The largest absolute Gasteiger partial charge is 0.357 e. The summed E-state index contributed by atoms with van der Waals surface area (Å²) >= 11 is 0. The normalized spacial score (nSPS) is 12.7. The highest BCUT2D eigenvalue weighted by molar-refractivity contribution is 5.89. The Hall–Kier alpha value is -3.99. The number of hydrogen-bond donors (Lipinski definition) is 1. The first-order valence-corrected chi connectivity index (χ1v) is 10.7. The van der Waals surface area contributed by atoms with Crippen molar-refractivity contribution in [1.82, 2.24) is 15.0 Å². The number of anilines is 2. The van der Waals surface area contributed by atoms with E-state index in [-0.39, 0.29) is 0 Å². The first-order valence-electron chi connectivity index (χ1n) is 10.7. The monoisotopic (exact) mass is 419 g/mol. The lowest BCUT2D eigenvalue weighted by atomic mass is 9.98. The van der Waals surface area contributed by atoms with Gasteiger partial charge in [0.05, 0.1) is 23.3 Å². The molecule has 3 aromatic heterocycles. The third-order valence-corrected chi connectivity index (χ3v) is 5.78. The van der Waals surface area contributed by atoms with Gasteiger partial charge in [-0.05, 0) is 73.4 Å². The maximum Gasteiger partial charge on any atom is 0.0808 e. The number of aromatic nitrogens is 3. The summed E-state index contributed by atoms with van der Waals surface area (Å²) in [4.78, 5) is 15.3. The van der Waals surface area contributed by atoms with Crippen LogP contribution in [0.4, 0.5) is 11.4 Å². The van der Waals surface area contributed by atoms with Gasteiger partial charge in [0.1, 0.15) is 0 Å². The summed E-state index contributed by atoms with van der Waals surface area (Å²) in [6.07, 6.45) is 9.50. The summed E-state index contributed by atoms with van der Waals surface area (Å²) in [5.74, 6) is 0. The Bertz CT molecular complexity index is 1330. The average molecular weight is 420 g/mol. The molecule has 0 spiro atoms. The molecule has 5 nitrogen and oxygen atoms in total. The standard InChI is InChI=1S/C27H25N5/c1-18-12-21(4-5-24(18)22-6-10-29-19(2)13-22)17-32-26-8-9-28-15-25(26)31-16-27(32)23-7-11-30-20(3)14-23/h4-16,31H,17H2,1-3H3. The van der Waals surface area contributed by atoms with Gasteiger partial charge in [0.2, 0.25) is 0 Å². The summed E-state index contributed by atoms with van der Waals surface area (Å²) in [6, 6.07) is 17.2. The van der Waals surface area contributed by atoms with Crippen LogP contribution in [0.2, 0.25) is 0 Å². The molecule has 0 unspecified atom stereocenters. The molecule has 5 heteroatoms. The maximum absolute atomic E-state index is 4.36. The van der Waals surface area contributed by atoms with Gasteiger partial charge in [-0.2, -0.15) is 0 Å². The summed E-state index contributed by atoms with van der Waals surface area (Å²) in [7, 11) is 0. The van der Waals surface area contributed by atoms with Gasteiger partial charge in [-0.25, -0.2) is 0 Å². The van der Waals surface area contributed by atoms with E-state index in [0.717, 1.165) is 40.6 Å². The zero-order valence-corrected chi connectivity index (χ0v) is 18.5. The van der Waals surface area contributed by atoms with Gasteiger partial charge < -0.3 is 10.2 Å². The maximum atomic E-state index is 4.36. The molecule has 0 saturated carbocycles. The third-order valence-electron chi connectivity index (χ3n) is 5.78. The van der Waals surface area contributed by atoms with E-state index < -0.39 is 0 Å². The molecule has 32 heavy (non-hydrogen) atoms.